The molecule has 1 aliphatic heterocycles. The van der Waals surface area contributed by atoms with Gasteiger partial charge in [0.05, 0.1) is 9.95 Å². The largest absolute Gasteiger partial charge is 0.314 e. The molecule has 3 nitrogen and oxygen atoms in total. The number of piperazine rings is 1. The lowest BCUT2D eigenvalue weighted by atomic mass is 10.2. The summed E-state index contributed by atoms with van der Waals surface area (Å²) in [5, 5.41) is 3.40. The minimum atomic E-state index is 0.415. The summed E-state index contributed by atoms with van der Waals surface area (Å²) < 4.78 is 1.21. The molecule has 1 N–H and O–H groups in total. The summed E-state index contributed by atoms with van der Waals surface area (Å²) in [6, 6.07) is 4.36. The minimum absolute atomic E-state index is 0.415. The molecule has 0 amide bonds. The molecule has 1 aromatic heterocycles. The molecule has 0 aliphatic carbocycles. The third-order valence-electron chi connectivity index (χ3n) is 2.84. The van der Waals surface area contributed by atoms with Crippen LogP contribution in [-0.2, 0) is 0 Å². The Hall–Kier alpha value is 0.0600. The van der Waals surface area contributed by atoms with Gasteiger partial charge < -0.3 is 5.32 Å². The van der Waals surface area contributed by atoms with Gasteiger partial charge in [-0.2, -0.15) is 0 Å². The van der Waals surface area contributed by atoms with Gasteiger partial charge in [0.2, 0.25) is 0 Å². The van der Waals surface area contributed by atoms with Crippen LogP contribution in [0, 0.1) is 0 Å². The second-order valence-electron chi connectivity index (χ2n) is 4.27. The first kappa shape index (κ1) is 12.5. The summed E-state index contributed by atoms with van der Waals surface area (Å²) in [5.41, 5.74) is 0. The highest BCUT2D eigenvalue weighted by Gasteiger charge is 2.24. The molecule has 5 heteroatoms. The molecule has 1 fully saturated rings. The summed E-state index contributed by atoms with van der Waals surface area (Å²) in [7, 11) is 4.31. The molecule has 0 bridgehead atoms. The normalized spacial score (nSPS) is 20.2. The summed E-state index contributed by atoms with van der Waals surface area (Å²) in [6.45, 7) is 4.44. The molecule has 1 saturated heterocycles. The topological polar surface area (TPSA) is 18.5 Å². The van der Waals surface area contributed by atoms with E-state index in [-0.39, 0.29) is 0 Å². The smallest absolute Gasteiger partial charge is 0.0976 e. The lowest BCUT2D eigenvalue weighted by molar-refractivity contribution is 0.0699. The minimum Gasteiger partial charge on any atom is -0.314 e. The lowest BCUT2D eigenvalue weighted by Gasteiger charge is -2.38. The molecular weight excluding hydrogens is 286 g/mol. The van der Waals surface area contributed by atoms with Gasteiger partial charge in [-0.15, -0.1) is 11.3 Å². The van der Waals surface area contributed by atoms with E-state index in [0.717, 1.165) is 26.2 Å². The van der Waals surface area contributed by atoms with Gasteiger partial charge in [-0.1, -0.05) is 0 Å². The van der Waals surface area contributed by atoms with E-state index in [2.05, 4.69) is 57.3 Å². The summed E-state index contributed by atoms with van der Waals surface area (Å²) in [5.74, 6) is 0. The van der Waals surface area contributed by atoms with Crippen molar-refractivity contribution in [3.63, 3.8) is 0 Å². The maximum Gasteiger partial charge on any atom is 0.0976 e. The van der Waals surface area contributed by atoms with Crippen molar-refractivity contribution >= 4 is 27.3 Å². The summed E-state index contributed by atoms with van der Waals surface area (Å²) in [6.07, 6.45) is 0.415. The average molecular weight is 304 g/mol. The van der Waals surface area contributed by atoms with Gasteiger partial charge in [0.25, 0.3) is 0 Å². The maximum absolute atomic E-state index is 3.54. The molecule has 0 saturated carbocycles. The van der Waals surface area contributed by atoms with Crippen LogP contribution < -0.4 is 5.32 Å². The van der Waals surface area contributed by atoms with Gasteiger partial charge in [-0.05, 0) is 42.2 Å². The monoisotopic (exact) mass is 303 g/mol. The molecule has 90 valence electrons. The zero-order valence-electron chi connectivity index (χ0n) is 9.74. The fourth-order valence-corrected chi connectivity index (χ4v) is 3.81. The molecule has 1 unspecified atom stereocenters. The van der Waals surface area contributed by atoms with E-state index in [4.69, 9.17) is 0 Å². The van der Waals surface area contributed by atoms with Crippen LogP contribution in [0.1, 0.15) is 11.0 Å². The van der Waals surface area contributed by atoms with Crippen molar-refractivity contribution in [3.05, 3.63) is 20.8 Å². The van der Waals surface area contributed by atoms with E-state index in [0.29, 0.717) is 6.17 Å². The third kappa shape index (κ3) is 2.84. The van der Waals surface area contributed by atoms with Crippen molar-refractivity contribution in [3.8, 4) is 0 Å². The molecule has 0 aromatic carbocycles. The zero-order valence-corrected chi connectivity index (χ0v) is 12.1. The van der Waals surface area contributed by atoms with Crippen LogP contribution in [0.2, 0.25) is 0 Å². The quantitative estimate of drug-likeness (QED) is 0.921. The van der Waals surface area contributed by atoms with Crippen molar-refractivity contribution < 1.29 is 0 Å². The lowest BCUT2D eigenvalue weighted by Crippen LogP contribution is -2.48. The first-order valence-corrected chi connectivity index (χ1v) is 7.16. The Kier molecular flexibility index (Phi) is 4.38. The highest BCUT2D eigenvalue weighted by molar-refractivity contribution is 9.11. The van der Waals surface area contributed by atoms with Gasteiger partial charge in [-0.3, -0.25) is 9.80 Å². The average Bonchev–Trinajstić information content (AvgIpc) is 2.66. The van der Waals surface area contributed by atoms with Crippen molar-refractivity contribution in [2.45, 2.75) is 6.17 Å². The van der Waals surface area contributed by atoms with Gasteiger partial charge in [0.1, 0.15) is 0 Å². The Morgan fingerprint density at radius 1 is 1.38 bits per heavy atom. The van der Waals surface area contributed by atoms with Gasteiger partial charge in [0, 0.05) is 31.1 Å². The number of nitrogens with zero attached hydrogens (tertiary/aromatic N) is 2. The van der Waals surface area contributed by atoms with E-state index >= 15 is 0 Å². The summed E-state index contributed by atoms with van der Waals surface area (Å²) in [4.78, 5) is 6.25. The SMILES string of the molecule is CN(C)C(c1ccc(Br)s1)N1CCNCC1. The molecule has 1 atom stereocenters. The summed E-state index contributed by atoms with van der Waals surface area (Å²) >= 11 is 5.37. The highest BCUT2D eigenvalue weighted by atomic mass is 79.9. The molecule has 1 aromatic rings. The van der Waals surface area contributed by atoms with Crippen molar-refractivity contribution in [1.82, 2.24) is 15.1 Å². The van der Waals surface area contributed by atoms with Crippen LogP contribution in [0.3, 0.4) is 0 Å². The number of rotatable bonds is 3. The van der Waals surface area contributed by atoms with E-state index in [1.165, 1.54) is 8.66 Å². The van der Waals surface area contributed by atoms with Crippen LogP contribution in [0.5, 0.6) is 0 Å². The molecule has 2 heterocycles. The molecule has 0 spiro atoms. The molecule has 0 radical (unpaired) electrons. The predicted molar refractivity (Wildman–Crippen MR) is 72.9 cm³/mol. The zero-order chi connectivity index (χ0) is 11.5. The van der Waals surface area contributed by atoms with Crippen LogP contribution in [0.25, 0.3) is 0 Å². The maximum atomic E-state index is 3.54. The fourth-order valence-electron chi connectivity index (χ4n) is 2.15. The van der Waals surface area contributed by atoms with E-state index < -0.39 is 0 Å². The molecule has 16 heavy (non-hydrogen) atoms. The molecular formula is C11H18BrN3S. The third-order valence-corrected chi connectivity index (χ3v) is 4.50. The number of hydrogen-bond donors (Lipinski definition) is 1. The number of thiophene rings is 1. The Balaban J connectivity index is 2.16. The molecule has 1 aliphatic rings. The Morgan fingerprint density at radius 2 is 2.06 bits per heavy atom. The van der Waals surface area contributed by atoms with Crippen molar-refractivity contribution in [2.24, 2.45) is 0 Å². The van der Waals surface area contributed by atoms with Gasteiger partial charge in [0.15, 0.2) is 0 Å². The van der Waals surface area contributed by atoms with Crippen LogP contribution in [0.15, 0.2) is 15.9 Å². The van der Waals surface area contributed by atoms with Gasteiger partial charge in [-0.25, -0.2) is 0 Å². The first-order chi connectivity index (χ1) is 7.68. The van der Waals surface area contributed by atoms with Crippen LogP contribution >= 0.6 is 27.3 Å². The van der Waals surface area contributed by atoms with Crippen LogP contribution in [-0.4, -0.2) is 50.1 Å². The van der Waals surface area contributed by atoms with E-state index in [9.17, 15) is 0 Å². The van der Waals surface area contributed by atoms with Crippen LogP contribution in [0.4, 0.5) is 0 Å². The number of halogens is 1. The fraction of sp³-hybridized carbons (Fsp3) is 0.636. The van der Waals surface area contributed by atoms with Crippen molar-refractivity contribution in [1.29, 1.82) is 0 Å². The Morgan fingerprint density at radius 3 is 2.56 bits per heavy atom. The van der Waals surface area contributed by atoms with Crippen molar-refractivity contribution in [2.75, 3.05) is 40.3 Å². The number of hydrogen-bond acceptors (Lipinski definition) is 4. The van der Waals surface area contributed by atoms with E-state index in [1.54, 1.807) is 0 Å². The standard InChI is InChI=1S/C11H18BrN3S/c1-14(2)11(9-3-4-10(12)16-9)15-7-5-13-6-8-15/h3-4,11,13H,5-8H2,1-2H3. The molecule has 2 rings (SSSR count). The van der Waals surface area contributed by atoms with Gasteiger partial charge >= 0.3 is 0 Å². The number of nitrogens with one attached hydrogen (secondary N) is 1. The van der Waals surface area contributed by atoms with E-state index in [1.807, 2.05) is 11.3 Å². The Labute approximate surface area is 110 Å². The first-order valence-electron chi connectivity index (χ1n) is 5.55. The Bertz CT molecular complexity index is 334. The second-order valence-corrected chi connectivity index (χ2v) is 6.76. The predicted octanol–water partition coefficient (Wildman–Crippen LogP) is 1.98. The highest BCUT2D eigenvalue weighted by Crippen LogP contribution is 2.31. The second kappa shape index (κ2) is 5.60.